The lowest BCUT2D eigenvalue weighted by Crippen LogP contribution is -2.55. The number of aromatic amines is 1. The van der Waals surface area contributed by atoms with Crippen molar-refractivity contribution in [1.82, 2.24) is 25.3 Å². The first kappa shape index (κ1) is 28.0. The van der Waals surface area contributed by atoms with E-state index in [0.29, 0.717) is 60.0 Å². The molecule has 12 nitrogen and oxygen atoms in total. The quantitative estimate of drug-likeness (QED) is 0.261. The molecule has 3 aromatic heterocycles. The molecule has 4 N–H and O–H groups in total. The van der Waals surface area contributed by atoms with E-state index in [-0.39, 0.29) is 39.3 Å². The fourth-order valence-electron chi connectivity index (χ4n) is 4.05. The number of nitrogens with zero attached hydrogens (tertiary/aromatic N) is 4. The van der Waals surface area contributed by atoms with Gasteiger partial charge in [0.15, 0.2) is 5.13 Å². The average molecular weight is 584 g/mol. The normalized spacial score (nSPS) is 17.4. The third kappa shape index (κ3) is 6.02. The van der Waals surface area contributed by atoms with Crippen molar-refractivity contribution in [3.63, 3.8) is 0 Å². The number of thiazole rings is 1. The Morgan fingerprint density at radius 2 is 2.05 bits per heavy atom. The number of hydrogen-bond acceptors (Lipinski definition) is 10. The first-order chi connectivity index (χ1) is 18.2. The van der Waals surface area contributed by atoms with Gasteiger partial charge in [0.1, 0.15) is 27.8 Å². The summed E-state index contributed by atoms with van der Waals surface area (Å²) in [5, 5.41) is 16.8. The van der Waals surface area contributed by atoms with Crippen LogP contribution < -0.4 is 15.5 Å². The highest BCUT2D eigenvalue weighted by molar-refractivity contribution is 7.17. The van der Waals surface area contributed by atoms with Gasteiger partial charge in [-0.1, -0.05) is 34.5 Å². The SMILES string of the molecule is COCCNc1cnc(-c2nc(N3CC[C@@H](NC(=O)c4[nH]c(C)c(Cl)c4Cl)[C@@H](OC)C3)sc2C(=O)O)cn1. The molecule has 1 aliphatic heterocycles. The fourth-order valence-corrected chi connectivity index (χ4v) is 5.41. The van der Waals surface area contributed by atoms with Crippen molar-refractivity contribution in [1.29, 1.82) is 0 Å². The second-order valence-corrected chi connectivity index (χ2v) is 10.3. The van der Waals surface area contributed by atoms with E-state index < -0.39 is 5.97 Å². The Labute approximate surface area is 232 Å². The Morgan fingerprint density at radius 1 is 1.26 bits per heavy atom. The van der Waals surface area contributed by atoms with Crippen LogP contribution in [0.4, 0.5) is 10.9 Å². The molecular formula is C23H27Cl2N7O5S. The van der Waals surface area contributed by atoms with Crippen molar-refractivity contribution < 1.29 is 24.2 Å². The van der Waals surface area contributed by atoms with Crippen LogP contribution in [0.25, 0.3) is 11.4 Å². The van der Waals surface area contributed by atoms with Gasteiger partial charge < -0.3 is 35.1 Å². The zero-order chi connectivity index (χ0) is 27.4. The van der Waals surface area contributed by atoms with E-state index in [4.69, 9.17) is 32.7 Å². The number of piperidine rings is 1. The third-order valence-electron chi connectivity index (χ3n) is 6.05. The number of ether oxygens (including phenoxy) is 2. The van der Waals surface area contributed by atoms with Crippen molar-refractivity contribution in [2.45, 2.75) is 25.5 Å². The van der Waals surface area contributed by atoms with Gasteiger partial charge in [0.25, 0.3) is 5.91 Å². The summed E-state index contributed by atoms with van der Waals surface area (Å²) >= 11 is 13.4. The van der Waals surface area contributed by atoms with Crippen LogP contribution in [0.5, 0.6) is 0 Å². The number of hydrogen-bond donors (Lipinski definition) is 4. The molecule has 4 heterocycles. The number of halogens is 2. The summed E-state index contributed by atoms with van der Waals surface area (Å²) in [5.41, 5.74) is 1.40. The fraction of sp³-hybridized carbons (Fsp3) is 0.435. The highest BCUT2D eigenvalue weighted by Gasteiger charge is 2.34. The Balaban J connectivity index is 1.48. The van der Waals surface area contributed by atoms with Crippen molar-refractivity contribution in [3.05, 3.63) is 38.7 Å². The molecule has 38 heavy (non-hydrogen) atoms. The van der Waals surface area contributed by atoms with Crippen molar-refractivity contribution in [2.24, 2.45) is 0 Å². The molecule has 4 rings (SSSR count). The maximum atomic E-state index is 12.8. The van der Waals surface area contributed by atoms with E-state index in [9.17, 15) is 14.7 Å². The van der Waals surface area contributed by atoms with E-state index >= 15 is 0 Å². The van der Waals surface area contributed by atoms with Crippen LogP contribution in [0.3, 0.4) is 0 Å². The Kier molecular flexibility index (Phi) is 9.05. The van der Waals surface area contributed by atoms with E-state index in [1.54, 1.807) is 21.1 Å². The minimum atomic E-state index is -1.10. The molecule has 0 unspecified atom stereocenters. The zero-order valence-corrected chi connectivity index (χ0v) is 23.2. The number of carboxylic acid groups (broad SMARTS) is 1. The van der Waals surface area contributed by atoms with E-state index in [0.717, 1.165) is 11.3 Å². The van der Waals surface area contributed by atoms with Crippen LogP contribution in [0.1, 0.15) is 32.3 Å². The summed E-state index contributed by atoms with van der Waals surface area (Å²) in [6.45, 7) is 3.71. The predicted octanol–water partition coefficient (Wildman–Crippen LogP) is 3.32. The van der Waals surface area contributed by atoms with Gasteiger partial charge in [0.2, 0.25) is 0 Å². The van der Waals surface area contributed by atoms with Gasteiger partial charge >= 0.3 is 5.97 Å². The number of aryl methyl sites for hydroxylation is 1. The highest BCUT2D eigenvalue weighted by Crippen LogP contribution is 2.34. The number of aromatic carboxylic acids is 1. The number of rotatable bonds is 10. The van der Waals surface area contributed by atoms with Crippen LogP contribution in [0.2, 0.25) is 10.0 Å². The molecule has 1 saturated heterocycles. The molecule has 0 radical (unpaired) electrons. The van der Waals surface area contributed by atoms with Crippen LogP contribution in [-0.4, -0.2) is 89.5 Å². The standard InChI is InChI=1S/C23H27Cl2N7O5S/c1-11-16(24)17(25)19(29-11)21(33)30-12-4-6-32(10-14(12)37-3)23-31-18(20(38-23)22(34)35)13-8-28-15(9-27-13)26-5-7-36-2/h8-9,12,14,29H,4-7,10H2,1-3H3,(H,26,28)(H,30,33)(H,34,35)/t12-,14+/m1/s1. The monoisotopic (exact) mass is 583 g/mol. The average Bonchev–Trinajstić information content (AvgIpc) is 3.47. The molecule has 0 aliphatic carbocycles. The lowest BCUT2D eigenvalue weighted by molar-refractivity contribution is 0.0540. The smallest absolute Gasteiger partial charge is 0.348 e. The summed E-state index contributed by atoms with van der Waals surface area (Å²) in [4.78, 5) is 43.0. The van der Waals surface area contributed by atoms with Crippen LogP contribution in [-0.2, 0) is 9.47 Å². The van der Waals surface area contributed by atoms with Crippen LogP contribution in [0, 0.1) is 6.92 Å². The number of anilines is 2. The molecule has 0 bridgehead atoms. The molecule has 3 aromatic rings. The van der Waals surface area contributed by atoms with E-state index in [2.05, 4.69) is 30.6 Å². The Morgan fingerprint density at radius 3 is 2.66 bits per heavy atom. The van der Waals surface area contributed by atoms with Gasteiger partial charge in [-0.3, -0.25) is 4.79 Å². The van der Waals surface area contributed by atoms with Crippen molar-refractivity contribution >= 4 is 57.4 Å². The van der Waals surface area contributed by atoms with Gasteiger partial charge in [0, 0.05) is 39.5 Å². The molecular weight excluding hydrogens is 557 g/mol. The first-order valence-corrected chi connectivity index (χ1v) is 13.2. The third-order valence-corrected chi connectivity index (χ3v) is 8.10. The van der Waals surface area contributed by atoms with Crippen LogP contribution in [0.15, 0.2) is 12.4 Å². The molecule has 1 fully saturated rings. The zero-order valence-electron chi connectivity index (χ0n) is 20.9. The number of carboxylic acids is 1. The van der Waals surface area contributed by atoms with E-state index in [1.165, 1.54) is 12.4 Å². The number of methoxy groups -OCH3 is 2. The number of amides is 1. The van der Waals surface area contributed by atoms with Gasteiger partial charge in [-0.05, 0) is 13.3 Å². The molecule has 15 heteroatoms. The topological polar surface area (TPSA) is 155 Å². The molecule has 1 aliphatic rings. The molecule has 1 amide bonds. The Hall–Kier alpha value is -2.97. The van der Waals surface area contributed by atoms with Crippen molar-refractivity contribution in [2.75, 3.05) is 50.7 Å². The second kappa shape index (κ2) is 12.3. The number of nitrogens with one attached hydrogen (secondary N) is 3. The second-order valence-electron chi connectivity index (χ2n) is 8.53. The van der Waals surface area contributed by atoms with E-state index in [1.807, 2.05) is 4.90 Å². The minimum absolute atomic E-state index is 0.0624. The molecule has 0 saturated carbocycles. The maximum Gasteiger partial charge on any atom is 0.348 e. The van der Waals surface area contributed by atoms with Gasteiger partial charge in [-0.25, -0.2) is 19.7 Å². The summed E-state index contributed by atoms with van der Waals surface area (Å²) in [6, 6.07) is -0.301. The van der Waals surface area contributed by atoms with Gasteiger partial charge in [0.05, 0.1) is 41.2 Å². The minimum Gasteiger partial charge on any atom is -0.477 e. The number of carbonyl (C=O) groups is 2. The number of aromatic nitrogens is 4. The van der Waals surface area contributed by atoms with Gasteiger partial charge in [-0.2, -0.15) is 0 Å². The lowest BCUT2D eigenvalue weighted by Gasteiger charge is -2.37. The Bertz CT molecular complexity index is 1300. The maximum absolute atomic E-state index is 12.8. The molecule has 0 aromatic carbocycles. The summed E-state index contributed by atoms with van der Waals surface area (Å²) in [5.74, 6) is -0.938. The molecule has 2 atom stereocenters. The number of H-pyrrole nitrogens is 1. The molecule has 0 spiro atoms. The first-order valence-electron chi connectivity index (χ1n) is 11.6. The summed E-state index contributed by atoms with van der Waals surface area (Å²) in [7, 11) is 3.16. The lowest BCUT2D eigenvalue weighted by atomic mass is 10.0. The van der Waals surface area contributed by atoms with Crippen LogP contribution >= 0.6 is 34.5 Å². The van der Waals surface area contributed by atoms with Gasteiger partial charge in [-0.15, -0.1) is 0 Å². The molecule has 204 valence electrons. The summed E-state index contributed by atoms with van der Waals surface area (Å²) < 4.78 is 10.7. The largest absolute Gasteiger partial charge is 0.477 e. The predicted molar refractivity (Wildman–Crippen MR) is 145 cm³/mol. The van der Waals surface area contributed by atoms with Crippen molar-refractivity contribution in [3.8, 4) is 11.4 Å². The summed E-state index contributed by atoms with van der Waals surface area (Å²) in [6.07, 6.45) is 3.17. The number of carbonyl (C=O) groups excluding carboxylic acids is 1. The highest BCUT2D eigenvalue weighted by atomic mass is 35.5.